The van der Waals surface area contributed by atoms with E-state index in [1.54, 1.807) is 0 Å². The molecular formula is C40H27NSe. The fourth-order valence-electron chi connectivity index (χ4n) is 5.99. The molecule has 42 heavy (non-hydrogen) atoms. The summed E-state index contributed by atoms with van der Waals surface area (Å²) >= 11 is 0.254. The van der Waals surface area contributed by atoms with Gasteiger partial charge in [0.2, 0.25) is 0 Å². The zero-order valence-electron chi connectivity index (χ0n) is 22.9. The van der Waals surface area contributed by atoms with Gasteiger partial charge in [0.1, 0.15) is 0 Å². The normalized spacial score (nSPS) is 11.3. The Bertz CT molecular complexity index is 2200. The second-order valence-electron chi connectivity index (χ2n) is 10.6. The summed E-state index contributed by atoms with van der Waals surface area (Å²) in [6.07, 6.45) is 0. The third-order valence-corrected chi connectivity index (χ3v) is 10.5. The van der Waals surface area contributed by atoms with E-state index in [-0.39, 0.29) is 14.5 Å². The Morgan fingerprint density at radius 1 is 0.357 bits per heavy atom. The summed E-state index contributed by atoms with van der Waals surface area (Å²) in [5, 5.41) is 5.48. The van der Waals surface area contributed by atoms with Gasteiger partial charge in [0.05, 0.1) is 0 Å². The van der Waals surface area contributed by atoms with Crippen LogP contribution >= 0.6 is 0 Å². The van der Waals surface area contributed by atoms with E-state index in [1.807, 2.05) is 0 Å². The molecule has 0 aliphatic carbocycles. The molecule has 8 rings (SSSR count). The minimum Gasteiger partial charge on any atom is -0.0617 e. The van der Waals surface area contributed by atoms with E-state index in [1.165, 1.54) is 58.0 Å². The van der Waals surface area contributed by atoms with Crippen molar-refractivity contribution in [2.24, 2.45) is 0 Å². The Balaban J connectivity index is 1.26. The third-order valence-electron chi connectivity index (χ3n) is 8.03. The van der Waals surface area contributed by atoms with E-state index >= 15 is 0 Å². The summed E-state index contributed by atoms with van der Waals surface area (Å²) in [6.45, 7) is 0. The number of hydrogen-bond acceptors (Lipinski definition) is 1. The number of fused-ring (bicyclic) bond motifs is 5. The molecule has 198 valence electrons. The predicted octanol–water partition coefficient (Wildman–Crippen LogP) is 11.0. The van der Waals surface area contributed by atoms with Gasteiger partial charge >= 0.3 is 234 Å². The molecule has 1 heterocycles. The molecule has 7 aromatic carbocycles. The van der Waals surface area contributed by atoms with Crippen LogP contribution in [0.1, 0.15) is 0 Å². The molecule has 0 aliphatic rings. The molecule has 1 aromatic heterocycles. The van der Waals surface area contributed by atoms with Crippen molar-refractivity contribution in [3.63, 3.8) is 0 Å². The quantitative estimate of drug-likeness (QED) is 0.178. The van der Waals surface area contributed by atoms with Crippen LogP contribution in [0.4, 0.5) is 17.1 Å². The second kappa shape index (κ2) is 10.5. The minimum atomic E-state index is 0.254. The molecule has 0 atom stereocenters. The summed E-state index contributed by atoms with van der Waals surface area (Å²) in [6, 6.07) is 59.5. The van der Waals surface area contributed by atoms with Gasteiger partial charge in [0, 0.05) is 0 Å². The molecule has 0 radical (unpaired) electrons. The maximum atomic E-state index is 2.42. The Morgan fingerprint density at radius 3 is 1.79 bits per heavy atom. The van der Waals surface area contributed by atoms with Crippen molar-refractivity contribution < 1.29 is 0 Å². The Hall–Kier alpha value is -4.88. The molecule has 2 heteroatoms. The summed E-state index contributed by atoms with van der Waals surface area (Å²) in [4.78, 5) is 2.39. The van der Waals surface area contributed by atoms with Crippen LogP contribution in [0.5, 0.6) is 0 Å². The molecule has 0 saturated carbocycles. The molecular weight excluding hydrogens is 573 g/mol. The Kier molecular flexibility index (Phi) is 6.22. The van der Waals surface area contributed by atoms with E-state index in [0.717, 1.165) is 11.4 Å². The van der Waals surface area contributed by atoms with Crippen LogP contribution in [0.2, 0.25) is 0 Å². The van der Waals surface area contributed by atoms with Crippen molar-refractivity contribution in [3.05, 3.63) is 164 Å². The summed E-state index contributed by atoms with van der Waals surface area (Å²) < 4.78 is 2.94. The molecule has 0 amide bonds. The van der Waals surface area contributed by atoms with Gasteiger partial charge in [-0.05, 0) is 0 Å². The standard InChI is InChI=1S/C40H27NSe/c1-3-11-28(12-4-1)30-14-9-15-31(25-30)32-16-10-19-34(26-32)41(33-17-5-2-6-18-33)35-22-24-37-38-23-21-29-13-7-8-20-36(29)40(38)42-39(37)27-35/h1-27H. The predicted molar refractivity (Wildman–Crippen MR) is 181 cm³/mol. The number of benzene rings is 7. The van der Waals surface area contributed by atoms with Crippen LogP contribution in [-0.4, -0.2) is 14.5 Å². The molecule has 0 N–H and O–H groups in total. The topological polar surface area (TPSA) is 3.24 Å². The summed E-state index contributed by atoms with van der Waals surface area (Å²) in [5.74, 6) is 0. The van der Waals surface area contributed by atoms with Gasteiger partial charge < -0.3 is 0 Å². The zero-order valence-corrected chi connectivity index (χ0v) is 24.7. The first-order valence-corrected chi connectivity index (χ1v) is 16.0. The van der Waals surface area contributed by atoms with Gasteiger partial charge in [-0.25, -0.2) is 0 Å². The molecule has 0 aliphatic heterocycles. The van der Waals surface area contributed by atoms with Crippen molar-refractivity contribution in [3.8, 4) is 22.3 Å². The van der Waals surface area contributed by atoms with Gasteiger partial charge in [-0.3, -0.25) is 0 Å². The summed E-state index contributed by atoms with van der Waals surface area (Å²) in [5.41, 5.74) is 8.37. The third kappa shape index (κ3) is 4.43. The average Bonchev–Trinajstić information content (AvgIpc) is 3.45. The van der Waals surface area contributed by atoms with Gasteiger partial charge in [0.25, 0.3) is 0 Å². The SMILES string of the molecule is c1ccc(-c2cccc(-c3cccc(N(c4ccccc4)c4ccc5c(c4)[se]c4c6ccccc6ccc54)c3)c2)cc1. The average molecular weight is 601 g/mol. The van der Waals surface area contributed by atoms with Crippen molar-refractivity contribution in [2.75, 3.05) is 4.90 Å². The molecule has 0 unspecified atom stereocenters. The monoisotopic (exact) mass is 601 g/mol. The molecule has 0 saturated heterocycles. The molecule has 1 nitrogen and oxygen atoms in total. The molecule has 8 aromatic rings. The van der Waals surface area contributed by atoms with Gasteiger partial charge in [-0.2, -0.15) is 0 Å². The van der Waals surface area contributed by atoms with Gasteiger partial charge in [0.15, 0.2) is 0 Å². The van der Waals surface area contributed by atoms with Crippen molar-refractivity contribution in [1.29, 1.82) is 0 Å². The number of rotatable bonds is 5. The van der Waals surface area contributed by atoms with Crippen molar-refractivity contribution >= 4 is 61.6 Å². The van der Waals surface area contributed by atoms with Crippen molar-refractivity contribution in [2.45, 2.75) is 0 Å². The fraction of sp³-hybridized carbons (Fsp3) is 0. The van der Waals surface area contributed by atoms with E-state index in [0.29, 0.717) is 0 Å². The van der Waals surface area contributed by atoms with E-state index in [4.69, 9.17) is 0 Å². The maximum absolute atomic E-state index is 2.42. The van der Waals surface area contributed by atoms with Crippen LogP contribution in [0.3, 0.4) is 0 Å². The second-order valence-corrected chi connectivity index (χ2v) is 12.8. The smallest absolute Gasteiger partial charge is 0.0617 e. The van der Waals surface area contributed by atoms with E-state index in [2.05, 4.69) is 169 Å². The van der Waals surface area contributed by atoms with Crippen molar-refractivity contribution in [1.82, 2.24) is 0 Å². The van der Waals surface area contributed by atoms with E-state index in [9.17, 15) is 0 Å². The van der Waals surface area contributed by atoms with Gasteiger partial charge in [-0.15, -0.1) is 0 Å². The Labute approximate surface area is 251 Å². The first kappa shape index (κ1) is 24.9. The van der Waals surface area contributed by atoms with Crippen LogP contribution in [-0.2, 0) is 0 Å². The zero-order chi connectivity index (χ0) is 27.9. The Morgan fingerprint density at radius 2 is 0.952 bits per heavy atom. The molecule has 0 bridgehead atoms. The van der Waals surface area contributed by atoms with Gasteiger partial charge in [-0.1, -0.05) is 18.2 Å². The van der Waals surface area contributed by atoms with E-state index < -0.39 is 0 Å². The van der Waals surface area contributed by atoms with Crippen LogP contribution in [0.15, 0.2) is 164 Å². The number of nitrogens with zero attached hydrogens (tertiary/aromatic N) is 1. The number of para-hydroxylation sites is 1. The number of anilines is 3. The molecule has 0 fully saturated rings. The summed E-state index contributed by atoms with van der Waals surface area (Å²) in [7, 11) is 0. The fourth-order valence-corrected chi connectivity index (χ4v) is 8.66. The van der Waals surface area contributed by atoms with Crippen LogP contribution in [0, 0.1) is 0 Å². The first-order valence-electron chi connectivity index (χ1n) is 14.3. The minimum absolute atomic E-state index is 0.254. The van der Waals surface area contributed by atoms with Crippen LogP contribution < -0.4 is 4.90 Å². The first-order chi connectivity index (χ1) is 20.8. The number of hydrogen-bond donors (Lipinski definition) is 0. The molecule has 0 spiro atoms. The van der Waals surface area contributed by atoms with Crippen LogP contribution in [0.25, 0.3) is 52.3 Å².